The van der Waals surface area contributed by atoms with Gasteiger partial charge >= 0.3 is 0 Å². The standard InChI is InChI=1S/C14H16N4/c15-14(16)11(9-12-5-1-3-7-17-12)10-13-6-2-4-8-18-13/h1-8,11H,9-10H2,(H3,15,16). The van der Waals surface area contributed by atoms with E-state index in [4.69, 9.17) is 11.1 Å². The van der Waals surface area contributed by atoms with E-state index in [1.165, 1.54) is 0 Å². The van der Waals surface area contributed by atoms with Gasteiger partial charge in [0, 0.05) is 29.7 Å². The van der Waals surface area contributed by atoms with Crippen LogP contribution < -0.4 is 5.73 Å². The smallest absolute Gasteiger partial charge is 0.0944 e. The van der Waals surface area contributed by atoms with Crippen LogP contribution in [0.2, 0.25) is 0 Å². The molecule has 0 aromatic carbocycles. The van der Waals surface area contributed by atoms with E-state index < -0.39 is 0 Å². The van der Waals surface area contributed by atoms with Crippen molar-refractivity contribution in [3.05, 3.63) is 60.2 Å². The van der Waals surface area contributed by atoms with Crippen molar-refractivity contribution in [1.82, 2.24) is 9.97 Å². The van der Waals surface area contributed by atoms with E-state index in [0.717, 1.165) is 11.4 Å². The summed E-state index contributed by atoms with van der Waals surface area (Å²) in [4.78, 5) is 8.54. The lowest BCUT2D eigenvalue weighted by Gasteiger charge is -2.14. The summed E-state index contributed by atoms with van der Waals surface area (Å²) in [5.41, 5.74) is 7.56. The molecule has 2 heterocycles. The Morgan fingerprint density at radius 3 is 1.83 bits per heavy atom. The van der Waals surface area contributed by atoms with Crippen LogP contribution in [0.5, 0.6) is 0 Å². The van der Waals surface area contributed by atoms with Crippen LogP contribution >= 0.6 is 0 Å². The zero-order valence-electron chi connectivity index (χ0n) is 10.1. The van der Waals surface area contributed by atoms with E-state index in [2.05, 4.69) is 9.97 Å². The third-order valence-corrected chi connectivity index (χ3v) is 2.80. The molecular weight excluding hydrogens is 224 g/mol. The topological polar surface area (TPSA) is 75.7 Å². The number of amidine groups is 1. The highest BCUT2D eigenvalue weighted by Crippen LogP contribution is 2.11. The van der Waals surface area contributed by atoms with Crippen LogP contribution in [0.3, 0.4) is 0 Å². The zero-order chi connectivity index (χ0) is 12.8. The summed E-state index contributed by atoms with van der Waals surface area (Å²) in [6.07, 6.45) is 4.86. The lowest BCUT2D eigenvalue weighted by Crippen LogP contribution is -2.27. The molecule has 4 nitrogen and oxygen atoms in total. The molecule has 0 saturated carbocycles. The summed E-state index contributed by atoms with van der Waals surface area (Å²) < 4.78 is 0. The molecule has 92 valence electrons. The summed E-state index contributed by atoms with van der Waals surface area (Å²) in [6, 6.07) is 11.6. The fourth-order valence-electron chi connectivity index (χ4n) is 1.83. The number of nitrogens with zero attached hydrogens (tertiary/aromatic N) is 2. The van der Waals surface area contributed by atoms with E-state index in [-0.39, 0.29) is 11.8 Å². The molecule has 0 aliphatic carbocycles. The van der Waals surface area contributed by atoms with Gasteiger partial charge in [0.15, 0.2) is 0 Å². The first kappa shape index (κ1) is 12.2. The van der Waals surface area contributed by atoms with Crippen LogP contribution in [0.15, 0.2) is 48.8 Å². The summed E-state index contributed by atoms with van der Waals surface area (Å²) in [5.74, 6) is 0.140. The summed E-state index contributed by atoms with van der Waals surface area (Å²) in [6.45, 7) is 0. The molecule has 0 radical (unpaired) electrons. The highest BCUT2D eigenvalue weighted by Gasteiger charge is 2.15. The van der Waals surface area contributed by atoms with E-state index in [1.54, 1.807) is 12.4 Å². The molecule has 18 heavy (non-hydrogen) atoms. The Hall–Kier alpha value is -2.23. The van der Waals surface area contributed by atoms with Gasteiger partial charge in [-0.3, -0.25) is 15.4 Å². The lowest BCUT2D eigenvalue weighted by molar-refractivity contribution is 0.650. The van der Waals surface area contributed by atoms with Gasteiger partial charge in [-0.1, -0.05) is 12.1 Å². The van der Waals surface area contributed by atoms with Gasteiger partial charge in [0.1, 0.15) is 0 Å². The van der Waals surface area contributed by atoms with Crippen molar-refractivity contribution in [3.8, 4) is 0 Å². The maximum Gasteiger partial charge on any atom is 0.0944 e. The van der Waals surface area contributed by atoms with E-state index in [0.29, 0.717) is 12.8 Å². The van der Waals surface area contributed by atoms with Gasteiger partial charge in [0.05, 0.1) is 5.84 Å². The molecule has 0 atom stereocenters. The molecule has 3 N–H and O–H groups in total. The number of nitrogens with one attached hydrogen (secondary N) is 1. The molecule has 0 amide bonds. The van der Waals surface area contributed by atoms with Crippen LogP contribution in [0.1, 0.15) is 11.4 Å². The largest absolute Gasteiger partial charge is 0.387 e. The summed E-state index contributed by atoms with van der Waals surface area (Å²) in [7, 11) is 0. The van der Waals surface area contributed by atoms with Crippen molar-refractivity contribution in [1.29, 1.82) is 5.41 Å². The van der Waals surface area contributed by atoms with Crippen LogP contribution in [-0.2, 0) is 12.8 Å². The summed E-state index contributed by atoms with van der Waals surface area (Å²) >= 11 is 0. The first-order valence-corrected chi connectivity index (χ1v) is 5.89. The van der Waals surface area contributed by atoms with Crippen molar-refractivity contribution in [2.24, 2.45) is 11.7 Å². The second-order valence-corrected chi connectivity index (χ2v) is 4.20. The molecule has 0 unspecified atom stereocenters. The Morgan fingerprint density at radius 2 is 1.50 bits per heavy atom. The second-order valence-electron chi connectivity index (χ2n) is 4.20. The lowest BCUT2D eigenvalue weighted by atomic mass is 9.96. The van der Waals surface area contributed by atoms with Gasteiger partial charge in [-0.25, -0.2) is 0 Å². The monoisotopic (exact) mass is 240 g/mol. The Labute approximate surface area is 106 Å². The van der Waals surface area contributed by atoms with Crippen LogP contribution in [0.25, 0.3) is 0 Å². The van der Waals surface area contributed by atoms with Gasteiger partial charge in [0.25, 0.3) is 0 Å². The quantitative estimate of drug-likeness (QED) is 0.618. The number of rotatable bonds is 5. The third-order valence-electron chi connectivity index (χ3n) is 2.80. The average molecular weight is 240 g/mol. The van der Waals surface area contributed by atoms with E-state index in [1.807, 2.05) is 36.4 Å². The normalized spacial score (nSPS) is 10.5. The van der Waals surface area contributed by atoms with Crippen LogP contribution in [-0.4, -0.2) is 15.8 Å². The van der Waals surface area contributed by atoms with Gasteiger partial charge in [-0.2, -0.15) is 0 Å². The molecule has 2 aromatic rings. The molecule has 0 spiro atoms. The zero-order valence-corrected chi connectivity index (χ0v) is 10.1. The Kier molecular flexibility index (Phi) is 4.02. The van der Waals surface area contributed by atoms with Gasteiger partial charge in [-0.05, 0) is 37.1 Å². The van der Waals surface area contributed by atoms with Gasteiger partial charge < -0.3 is 5.73 Å². The minimum absolute atomic E-state index is 0.0465. The molecule has 0 aliphatic rings. The maximum atomic E-state index is 7.67. The predicted molar refractivity (Wildman–Crippen MR) is 71.3 cm³/mol. The number of hydrogen-bond donors (Lipinski definition) is 2. The molecule has 4 heteroatoms. The number of hydrogen-bond acceptors (Lipinski definition) is 3. The molecule has 0 saturated heterocycles. The minimum Gasteiger partial charge on any atom is -0.387 e. The fourth-order valence-corrected chi connectivity index (χ4v) is 1.83. The Balaban J connectivity index is 2.08. The van der Waals surface area contributed by atoms with E-state index >= 15 is 0 Å². The molecule has 0 aliphatic heterocycles. The van der Waals surface area contributed by atoms with Crippen molar-refractivity contribution in [3.63, 3.8) is 0 Å². The fraction of sp³-hybridized carbons (Fsp3) is 0.214. The van der Waals surface area contributed by atoms with Crippen LogP contribution in [0, 0.1) is 11.3 Å². The maximum absolute atomic E-state index is 7.67. The van der Waals surface area contributed by atoms with E-state index in [9.17, 15) is 0 Å². The first-order valence-electron chi connectivity index (χ1n) is 5.89. The Morgan fingerprint density at radius 1 is 1.00 bits per heavy atom. The van der Waals surface area contributed by atoms with Gasteiger partial charge in [0.2, 0.25) is 0 Å². The Bertz CT molecular complexity index is 454. The number of nitrogens with two attached hydrogens (primary N) is 1. The highest BCUT2D eigenvalue weighted by atomic mass is 14.7. The molecule has 2 aromatic heterocycles. The average Bonchev–Trinajstić information content (AvgIpc) is 2.40. The first-order chi connectivity index (χ1) is 8.75. The van der Waals surface area contributed by atoms with Gasteiger partial charge in [-0.15, -0.1) is 0 Å². The predicted octanol–water partition coefficient (Wildman–Crippen LogP) is 1.81. The van der Waals surface area contributed by atoms with Crippen molar-refractivity contribution in [2.75, 3.05) is 0 Å². The molecule has 2 rings (SSSR count). The third kappa shape index (κ3) is 3.38. The number of pyridine rings is 2. The highest BCUT2D eigenvalue weighted by molar-refractivity contribution is 5.80. The summed E-state index contributed by atoms with van der Waals surface area (Å²) in [5, 5.41) is 7.67. The second kappa shape index (κ2) is 5.91. The SMILES string of the molecule is N=C(N)C(Cc1ccccn1)Cc1ccccn1. The van der Waals surface area contributed by atoms with Crippen molar-refractivity contribution >= 4 is 5.84 Å². The van der Waals surface area contributed by atoms with Crippen LogP contribution in [0.4, 0.5) is 0 Å². The van der Waals surface area contributed by atoms with Crippen molar-refractivity contribution in [2.45, 2.75) is 12.8 Å². The molecule has 0 bridgehead atoms. The minimum atomic E-state index is -0.0465. The molecule has 0 fully saturated rings. The van der Waals surface area contributed by atoms with Crippen molar-refractivity contribution < 1.29 is 0 Å². The number of aromatic nitrogens is 2. The molecular formula is C14H16N4.